The van der Waals surface area contributed by atoms with Crippen LogP contribution in [0, 0.1) is 0 Å². The molecule has 3 aromatic heterocycles. The molecule has 1 atom stereocenters. The van der Waals surface area contributed by atoms with Crippen molar-refractivity contribution in [2.45, 2.75) is 19.4 Å². The highest BCUT2D eigenvalue weighted by Gasteiger charge is 2.18. The van der Waals surface area contributed by atoms with Crippen LogP contribution in [0.4, 0.5) is 17.3 Å². The Labute approximate surface area is 145 Å². The molecule has 0 saturated carbocycles. The maximum absolute atomic E-state index is 5.85. The molecule has 130 valence electrons. The van der Waals surface area contributed by atoms with Crippen molar-refractivity contribution in [3.05, 3.63) is 35.8 Å². The highest BCUT2D eigenvalue weighted by molar-refractivity contribution is 5.69. The maximum Gasteiger partial charge on any atom is 0.163 e. The third-order valence-corrected chi connectivity index (χ3v) is 4.31. The van der Waals surface area contributed by atoms with Crippen LogP contribution in [0.2, 0.25) is 0 Å². The molecule has 1 aliphatic rings. The lowest BCUT2D eigenvalue weighted by molar-refractivity contribution is 0.108. The predicted octanol–water partition coefficient (Wildman–Crippen LogP) is 2.55. The van der Waals surface area contributed by atoms with Gasteiger partial charge in [0.2, 0.25) is 0 Å². The molecule has 4 heterocycles. The molecule has 1 aliphatic heterocycles. The van der Waals surface area contributed by atoms with Crippen LogP contribution in [0.15, 0.2) is 24.5 Å². The summed E-state index contributed by atoms with van der Waals surface area (Å²) in [6.07, 6.45) is 3.54. The zero-order chi connectivity index (χ0) is 17.4. The van der Waals surface area contributed by atoms with E-state index in [9.17, 15) is 0 Å². The maximum atomic E-state index is 5.85. The summed E-state index contributed by atoms with van der Waals surface area (Å²) in [5.74, 6) is 2.37. The van der Waals surface area contributed by atoms with Crippen LogP contribution in [0.25, 0.3) is 5.65 Å². The number of ether oxygens (including phenoxy) is 2. The fraction of sp³-hybridized carbons (Fsp3) is 0.353. The first kappa shape index (κ1) is 15.6. The fourth-order valence-electron chi connectivity index (χ4n) is 2.96. The van der Waals surface area contributed by atoms with Gasteiger partial charge in [-0.05, 0) is 6.07 Å². The van der Waals surface area contributed by atoms with Crippen molar-refractivity contribution in [2.24, 2.45) is 0 Å². The summed E-state index contributed by atoms with van der Waals surface area (Å²) < 4.78 is 13.1. The number of nitrogens with zero attached hydrogens (tertiary/aromatic N) is 4. The van der Waals surface area contributed by atoms with Crippen molar-refractivity contribution in [3.8, 4) is 5.75 Å². The highest BCUT2D eigenvalue weighted by atomic mass is 16.5. The zero-order valence-electron chi connectivity index (χ0n) is 14.4. The summed E-state index contributed by atoms with van der Waals surface area (Å²) >= 11 is 0. The van der Waals surface area contributed by atoms with E-state index in [1.165, 1.54) is 0 Å². The molecule has 3 aromatic rings. The summed E-state index contributed by atoms with van der Waals surface area (Å²) in [5.41, 5.74) is 3.48. The van der Waals surface area contributed by atoms with Gasteiger partial charge in [-0.15, -0.1) is 0 Å². The van der Waals surface area contributed by atoms with Gasteiger partial charge in [-0.3, -0.25) is 4.98 Å². The van der Waals surface area contributed by atoms with Gasteiger partial charge in [0.1, 0.15) is 11.6 Å². The first-order valence-electron chi connectivity index (χ1n) is 8.13. The monoisotopic (exact) mass is 340 g/mol. The Morgan fingerprint density at radius 3 is 3.04 bits per heavy atom. The summed E-state index contributed by atoms with van der Waals surface area (Å²) in [6, 6.07) is 3.84. The Kier molecular flexibility index (Phi) is 3.89. The standard InChI is InChI=1S/C17H20N6O2/c1-10-8-25-9-11-4-13(14(24-3)7-19-11)21-15-5-16(18-2)23-17(22-15)12(10)6-20-23/h4-7,10,18H,8-9H2,1-3H3,(H,21,22). The Balaban J connectivity index is 1.91. The predicted molar refractivity (Wildman–Crippen MR) is 94.7 cm³/mol. The molecular formula is C17H20N6O2. The second-order valence-electron chi connectivity index (χ2n) is 6.03. The van der Waals surface area contributed by atoms with Crippen molar-refractivity contribution in [1.82, 2.24) is 19.6 Å². The lowest BCUT2D eigenvalue weighted by Crippen LogP contribution is -2.09. The quantitative estimate of drug-likeness (QED) is 0.741. The summed E-state index contributed by atoms with van der Waals surface area (Å²) in [6.45, 7) is 3.12. The molecule has 0 radical (unpaired) electrons. The number of anilines is 3. The normalized spacial score (nSPS) is 16.8. The average Bonchev–Trinajstić information content (AvgIpc) is 3.04. The van der Waals surface area contributed by atoms with Gasteiger partial charge in [0.05, 0.1) is 44.1 Å². The number of hydrogen-bond acceptors (Lipinski definition) is 7. The molecule has 0 fully saturated rings. The second-order valence-corrected chi connectivity index (χ2v) is 6.03. The molecule has 0 aliphatic carbocycles. The van der Waals surface area contributed by atoms with Crippen molar-refractivity contribution in [3.63, 3.8) is 0 Å². The van der Waals surface area contributed by atoms with E-state index in [4.69, 9.17) is 14.5 Å². The van der Waals surface area contributed by atoms with E-state index in [-0.39, 0.29) is 5.92 Å². The molecule has 8 nitrogen and oxygen atoms in total. The number of rotatable bonds is 2. The minimum Gasteiger partial charge on any atom is -0.493 e. The van der Waals surface area contributed by atoms with Gasteiger partial charge in [-0.1, -0.05) is 6.92 Å². The lowest BCUT2D eigenvalue weighted by Gasteiger charge is -2.16. The number of fused-ring (bicyclic) bond motifs is 3. The van der Waals surface area contributed by atoms with Gasteiger partial charge >= 0.3 is 0 Å². The van der Waals surface area contributed by atoms with Crippen molar-refractivity contribution < 1.29 is 9.47 Å². The van der Waals surface area contributed by atoms with E-state index in [0.717, 1.165) is 28.4 Å². The second kappa shape index (κ2) is 6.21. The third-order valence-electron chi connectivity index (χ3n) is 4.31. The largest absolute Gasteiger partial charge is 0.493 e. The molecular weight excluding hydrogens is 320 g/mol. The van der Waals surface area contributed by atoms with E-state index >= 15 is 0 Å². The van der Waals surface area contributed by atoms with Crippen molar-refractivity contribution in [2.75, 3.05) is 31.4 Å². The minimum atomic E-state index is 0.169. The Morgan fingerprint density at radius 2 is 2.24 bits per heavy atom. The Hall–Kier alpha value is -2.87. The Morgan fingerprint density at radius 1 is 1.36 bits per heavy atom. The number of hydrogen-bond donors (Lipinski definition) is 2. The van der Waals surface area contributed by atoms with E-state index in [2.05, 4.69) is 27.6 Å². The van der Waals surface area contributed by atoms with Gasteiger partial charge in [0, 0.05) is 24.6 Å². The fourth-order valence-corrected chi connectivity index (χ4v) is 2.96. The first-order chi connectivity index (χ1) is 12.2. The molecule has 4 rings (SSSR count). The van der Waals surface area contributed by atoms with Crippen LogP contribution in [0.1, 0.15) is 24.1 Å². The van der Waals surface area contributed by atoms with Crippen LogP contribution in [-0.2, 0) is 11.3 Å². The minimum absolute atomic E-state index is 0.169. The van der Waals surface area contributed by atoms with Crippen LogP contribution in [0.5, 0.6) is 5.75 Å². The van der Waals surface area contributed by atoms with Crippen molar-refractivity contribution in [1.29, 1.82) is 0 Å². The molecule has 0 aromatic carbocycles. The van der Waals surface area contributed by atoms with Gasteiger partial charge < -0.3 is 20.1 Å². The topological polar surface area (TPSA) is 85.6 Å². The molecule has 25 heavy (non-hydrogen) atoms. The van der Waals surface area contributed by atoms with E-state index in [1.54, 1.807) is 17.8 Å². The van der Waals surface area contributed by atoms with Crippen LogP contribution in [0.3, 0.4) is 0 Å². The number of pyridine rings is 1. The summed E-state index contributed by atoms with van der Waals surface area (Å²) in [4.78, 5) is 9.14. The van der Waals surface area contributed by atoms with Gasteiger partial charge in [-0.25, -0.2) is 4.98 Å². The van der Waals surface area contributed by atoms with E-state index in [1.807, 2.05) is 25.4 Å². The van der Waals surface area contributed by atoms with E-state index < -0.39 is 0 Å². The van der Waals surface area contributed by atoms with Crippen LogP contribution < -0.4 is 15.4 Å². The molecule has 0 amide bonds. The summed E-state index contributed by atoms with van der Waals surface area (Å²) in [5, 5.41) is 11.0. The zero-order valence-corrected chi connectivity index (χ0v) is 14.4. The highest BCUT2D eigenvalue weighted by Crippen LogP contribution is 2.30. The number of nitrogens with one attached hydrogen (secondary N) is 2. The number of methoxy groups -OCH3 is 1. The molecule has 2 N–H and O–H groups in total. The molecule has 0 saturated heterocycles. The van der Waals surface area contributed by atoms with Crippen LogP contribution in [-0.4, -0.2) is 40.3 Å². The summed E-state index contributed by atoms with van der Waals surface area (Å²) in [7, 11) is 3.48. The average molecular weight is 340 g/mol. The third kappa shape index (κ3) is 2.74. The van der Waals surface area contributed by atoms with Gasteiger partial charge in [0.25, 0.3) is 0 Å². The SMILES string of the molecule is CNc1cc2nc3c(cnn13)C(C)COCc1cc(c(OC)cn1)N2. The molecule has 8 heteroatoms. The lowest BCUT2D eigenvalue weighted by atomic mass is 10.1. The smallest absolute Gasteiger partial charge is 0.163 e. The molecule has 0 spiro atoms. The van der Waals surface area contributed by atoms with E-state index in [0.29, 0.717) is 24.8 Å². The molecule has 1 unspecified atom stereocenters. The first-order valence-corrected chi connectivity index (χ1v) is 8.13. The Bertz CT molecular complexity index is 923. The van der Waals surface area contributed by atoms with Gasteiger partial charge in [-0.2, -0.15) is 9.61 Å². The van der Waals surface area contributed by atoms with Crippen molar-refractivity contribution >= 4 is 23.0 Å². The van der Waals surface area contributed by atoms with Gasteiger partial charge in [0.15, 0.2) is 11.4 Å². The van der Waals surface area contributed by atoms with Crippen LogP contribution >= 0.6 is 0 Å². The number of aromatic nitrogens is 4. The molecule has 4 bridgehead atoms.